The Morgan fingerprint density at radius 1 is 1.14 bits per heavy atom. The van der Waals surface area contributed by atoms with Gasteiger partial charge in [0.05, 0.1) is 12.1 Å². The van der Waals surface area contributed by atoms with E-state index in [2.05, 4.69) is 30.4 Å². The fraction of sp³-hybridized carbons (Fsp3) is 0.333. The minimum atomic E-state index is -0.142. The first kappa shape index (κ1) is 12.8. The molecule has 2 nitrogen and oxygen atoms in total. The summed E-state index contributed by atoms with van der Waals surface area (Å²) in [5.41, 5.74) is 4.25. The van der Waals surface area contributed by atoms with E-state index in [4.69, 9.17) is 4.74 Å². The summed E-state index contributed by atoms with van der Waals surface area (Å²) >= 11 is 0. The molecule has 0 radical (unpaired) electrons. The summed E-state index contributed by atoms with van der Waals surface area (Å²) in [7, 11) is 0. The van der Waals surface area contributed by atoms with Crippen LogP contribution in [0.25, 0.3) is 0 Å². The molecule has 0 bridgehead atoms. The van der Waals surface area contributed by atoms with Gasteiger partial charge in [0.25, 0.3) is 0 Å². The summed E-state index contributed by atoms with van der Waals surface area (Å²) in [5.74, 6) is 0.146. The average Bonchev–Trinajstić information content (AvgIpc) is 2.97. The highest BCUT2D eigenvalue weighted by Gasteiger charge is 2.42. The Morgan fingerprint density at radius 2 is 2.00 bits per heavy atom. The van der Waals surface area contributed by atoms with Crippen LogP contribution in [0, 0.1) is 18.7 Å². The lowest BCUT2D eigenvalue weighted by molar-refractivity contribution is 0.0826. The van der Waals surface area contributed by atoms with Crippen LogP contribution >= 0.6 is 0 Å². The molecule has 3 atom stereocenters. The largest absolute Gasteiger partial charge is 0.377 e. The predicted molar refractivity (Wildman–Crippen MR) is 80.7 cm³/mol. The van der Waals surface area contributed by atoms with Gasteiger partial charge in [-0.15, -0.1) is 0 Å². The Balaban J connectivity index is 1.81. The number of halogens is 1. The van der Waals surface area contributed by atoms with E-state index >= 15 is 0 Å². The molecule has 108 valence electrons. The van der Waals surface area contributed by atoms with Crippen LogP contribution in [0.5, 0.6) is 0 Å². The molecule has 4 rings (SSSR count). The van der Waals surface area contributed by atoms with Crippen LogP contribution in [0.3, 0.4) is 0 Å². The van der Waals surface area contributed by atoms with Crippen LogP contribution in [-0.4, -0.2) is 6.61 Å². The molecule has 1 N–H and O–H groups in total. The first-order valence-electron chi connectivity index (χ1n) is 7.47. The first-order chi connectivity index (χ1) is 10.2. The van der Waals surface area contributed by atoms with Crippen molar-refractivity contribution >= 4 is 5.69 Å². The molecule has 21 heavy (non-hydrogen) atoms. The molecule has 0 amide bonds. The number of benzene rings is 2. The summed E-state index contributed by atoms with van der Waals surface area (Å²) in [6.45, 7) is 2.84. The van der Waals surface area contributed by atoms with Gasteiger partial charge in [0.15, 0.2) is 0 Å². The fourth-order valence-electron chi connectivity index (χ4n) is 3.63. The smallest absolute Gasteiger partial charge is 0.128 e. The van der Waals surface area contributed by atoms with Gasteiger partial charge in [0.1, 0.15) is 5.82 Å². The van der Waals surface area contributed by atoms with Gasteiger partial charge in [0, 0.05) is 29.3 Å². The summed E-state index contributed by atoms with van der Waals surface area (Å²) in [6.07, 6.45) is 1.04. The van der Waals surface area contributed by atoms with Gasteiger partial charge < -0.3 is 10.1 Å². The molecule has 3 heteroatoms. The molecule has 2 aliphatic heterocycles. The third-order valence-corrected chi connectivity index (χ3v) is 4.63. The van der Waals surface area contributed by atoms with E-state index in [0.717, 1.165) is 24.3 Å². The zero-order chi connectivity index (χ0) is 14.4. The van der Waals surface area contributed by atoms with Crippen LogP contribution in [0.4, 0.5) is 10.1 Å². The molecule has 0 aromatic heterocycles. The van der Waals surface area contributed by atoms with Crippen molar-refractivity contribution in [2.24, 2.45) is 5.92 Å². The lowest BCUT2D eigenvalue weighted by atomic mass is 9.80. The van der Waals surface area contributed by atoms with Gasteiger partial charge in [0.2, 0.25) is 0 Å². The maximum atomic E-state index is 14.2. The first-order valence-corrected chi connectivity index (χ1v) is 7.47. The van der Waals surface area contributed by atoms with Crippen molar-refractivity contribution in [3.63, 3.8) is 0 Å². The number of hydrogen-bond acceptors (Lipinski definition) is 2. The second-order valence-electron chi connectivity index (χ2n) is 5.98. The van der Waals surface area contributed by atoms with E-state index in [-0.39, 0.29) is 23.9 Å². The Bertz CT molecular complexity index is 685. The molecule has 1 saturated heterocycles. The SMILES string of the molecule is Cc1ccc2c(c1)C1OCCC1C(c1ccccc1F)N2. The molecule has 1 fully saturated rings. The topological polar surface area (TPSA) is 21.3 Å². The van der Waals surface area contributed by atoms with E-state index in [9.17, 15) is 4.39 Å². The van der Waals surface area contributed by atoms with Crippen molar-refractivity contribution < 1.29 is 9.13 Å². The highest BCUT2D eigenvalue weighted by atomic mass is 19.1. The number of aryl methyl sites for hydroxylation is 1. The van der Waals surface area contributed by atoms with Crippen LogP contribution < -0.4 is 5.32 Å². The maximum absolute atomic E-state index is 14.2. The van der Waals surface area contributed by atoms with Crippen LogP contribution in [0.1, 0.15) is 35.3 Å². The van der Waals surface area contributed by atoms with E-state index in [1.165, 1.54) is 17.2 Å². The Morgan fingerprint density at radius 3 is 2.86 bits per heavy atom. The Labute approximate surface area is 123 Å². The lowest BCUT2D eigenvalue weighted by Crippen LogP contribution is -2.29. The normalized spacial score (nSPS) is 26.9. The third kappa shape index (κ3) is 2.04. The van der Waals surface area contributed by atoms with Crippen molar-refractivity contribution in [2.75, 3.05) is 11.9 Å². The zero-order valence-corrected chi connectivity index (χ0v) is 12.0. The number of fused-ring (bicyclic) bond motifs is 3. The number of rotatable bonds is 1. The van der Waals surface area contributed by atoms with Crippen LogP contribution in [0.2, 0.25) is 0 Å². The van der Waals surface area contributed by atoms with Crippen molar-refractivity contribution in [1.29, 1.82) is 0 Å². The van der Waals surface area contributed by atoms with Crippen LogP contribution in [-0.2, 0) is 4.74 Å². The van der Waals surface area contributed by atoms with Gasteiger partial charge in [-0.2, -0.15) is 0 Å². The zero-order valence-electron chi connectivity index (χ0n) is 12.0. The van der Waals surface area contributed by atoms with Crippen molar-refractivity contribution in [3.05, 3.63) is 65.0 Å². The summed E-state index contributed by atoms with van der Waals surface area (Å²) in [6, 6.07) is 13.4. The second kappa shape index (κ2) is 4.85. The number of hydrogen-bond donors (Lipinski definition) is 1. The number of nitrogens with one attached hydrogen (secondary N) is 1. The second-order valence-corrected chi connectivity index (χ2v) is 5.98. The minimum Gasteiger partial charge on any atom is -0.377 e. The van der Waals surface area contributed by atoms with E-state index in [0.29, 0.717) is 0 Å². The number of ether oxygens (including phenoxy) is 1. The molecule has 0 spiro atoms. The highest BCUT2D eigenvalue weighted by molar-refractivity contribution is 5.58. The van der Waals surface area contributed by atoms with Crippen molar-refractivity contribution in [2.45, 2.75) is 25.5 Å². The molecule has 0 aliphatic carbocycles. The molecule has 3 unspecified atom stereocenters. The standard InChI is InChI=1S/C18H18FNO/c1-11-6-7-16-14(10-11)18-13(8-9-21-18)17(20-16)12-4-2-3-5-15(12)19/h2-7,10,13,17-18,20H,8-9H2,1H3. The predicted octanol–water partition coefficient (Wildman–Crippen LogP) is 4.38. The third-order valence-electron chi connectivity index (χ3n) is 4.63. The molecular formula is C18H18FNO. The Kier molecular flexibility index (Phi) is 2.96. The van der Waals surface area contributed by atoms with Crippen LogP contribution in [0.15, 0.2) is 42.5 Å². The average molecular weight is 283 g/mol. The quantitative estimate of drug-likeness (QED) is 0.838. The van der Waals surface area contributed by atoms with E-state index in [1.54, 1.807) is 6.07 Å². The van der Waals surface area contributed by atoms with E-state index in [1.807, 2.05) is 12.1 Å². The van der Waals surface area contributed by atoms with Crippen molar-refractivity contribution in [1.82, 2.24) is 0 Å². The highest BCUT2D eigenvalue weighted by Crippen LogP contribution is 2.50. The van der Waals surface area contributed by atoms with Gasteiger partial charge in [-0.1, -0.05) is 35.9 Å². The maximum Gasteiger partial charge on any atom is 0.128 e. The van der Waals surface area contributed by atoms with Gasteiger partial charge in [-0.3, -0.25) is 0 Å². The lowest BCUT2D eigenvalue weighted by Gasteiger charge is -2.36. The molecule has 2 heterocycles. The molecular weight excluding hydrogens is 265 g/mol. The molecule has 2 aromatic rings. The minimum absolute atomic E-state index is 0.0195. The van der Waals surface area contributed by atoms with Gasteiger partial charge >= 0.3 is 0 Å². The summed E-state index contributed by atoms with van der Waals surface area (Å²) < 4.78 is 20.2. The Hall–Kier alpha value is -1.87. The summed E-state index contributed by atoms with van der Waals surface area (Å²) in [4.78, 5) is 0. The number of anilines is 1. The molecule has 0 saturated carbocycles. The van der Waals surface area contributed by atoms with Crippen molar-refractivity contribution in [3.8, 4) is 0 Å². The van der Waals surface area contributed by atoms with Gasteiger partial charge in [-0.25, -0.2) is 4.39 Å². The molecule has 2 aliphatic rings. The monoisotopic (exact) mass is 283 g/mol. The summed E-state index contributed by atoms with van der Waals surface area (Å²) in [5, 5.41) is 3.53. The molecule has 2 aromatic carbocycles. The van der Waals surface area contributed by atoms with E-state index < -0.39 is 0 Å². The fourth-order valence-corrected chi connectivity index (χ4v) is 3.63. The van der Waals surface area contributed by atoms with Gasteiger partial charge in [-0.05, 0) is 25.5 Å².